The molecule has 1 aromatic heterocycles. The number of nitro groups is 1. The SMILES string of the molecule is Cc1cc(S(=O)(=O)Nc2cccc([N+](=O)[O-])c2)c(C)n1S(=O)(=O)c1ccccc1. The number of nitrogens with one attached hydrogen (secondary N) is 1. The monoisotopic (exact) mass is 435 g/mol. The van der Waals surface area contributed by atoms with E-state index in [2.05, 4.69) is 4.72 Å². The van der Waals surface area contributed by atoms with Gasteiger partial charge in [0.05, 0.1) is 21.2 Å². The van der Waals surface area contributed by atoms with Gasteiger partial charge in [-0.1, -0.05) is 24.3 Å². The van der Waals surface area contributed by atoms with Crippen molar-refractivity contribution >= 4 is 31.4 Å². The summed E-state index contributed by atoms with van der Waals surface area (Å²) in [5.74, 6) is 0. The van der Waals surface area contributed by atoms with Crippen molar-refractivity contribution in [2.45, 2.75) is 23.6 Å². The van der Waals surface area contributed by atoms with Gasteiger partial charge in [0.1, 0.15) is 4.90 Å². The van der Waals surface area contributed by atoms with Gasteiger partial charge in [-0.25, -0.2) is 20.8 Å². The van der Waals surface area contributed by atoms with Crippen LogP contribution in [-0.4, -0.2) is 25.7 Å². The molecular weight excluding hydrogens is 418 g/mol. The lowest BCUT2D eigenvalue weighted by Crippen LogP contribution is -2.18. The van der Waals surface area contributed by atoms with Crippen LogP contribution in [0.15, 0.2) is 70.5 Å². The summed E-state index contributed by atoms with van der Waals surface area (Å²) in [5, 5.41) is 10.9. The fraction of sp³-hybridized carbons (Fsp3) is 0.111. The minimum atomic E-state index is -4.19. The molecule has 1 N–H and O–H groups in total. The average molecular weight is 435 g/mol. The molecule has 0 aliphatic heterocycles. The molecule has 0 bridgehead atoms. The van der Waals surface area contributed by atoms with Crippen molar-refractivity contribution in [1.29, 1.82) is 0 Å². The Hall–Kier alpha value is -3.18. The number of non-ortho nitro benzene ring substituents is 1. The van der Waals surface area contributed by atoms with Crippen molar-refractivity contribution in [1.82, 2.24) is 3.97 Å². The minimum Gasteiger partial charge on any atom is -0.279 e. The Labute approximate surface area is 167 Å². The van der Waals surface area contributed by atoms with E-state index in [1.807, 2.05) is 0 Å². The van der Waals surface area contributed by atoms with Crippen molar-refractivity contribution < 1.29 is 21.8 Å². The highest BCUT2D eigenvalue weighted by molar-refractivity contribution is 7.93. The summed E-state index contributed by atoms with van der Waals surface area (Å²) < 4.78 is 54.8. The van der Waals surface area contributed by atoms with Gasteiger partial charge in [-0.2, -0.15) is 0 Å². The molecule has 0 radical (unpaired) electrons. The predicted molar refractivity (Wildman–Crippen MR) is 107 cm³/mol. The van der Waals surface area contributed by atoms with E-state index in [1.165, 1.54) is 50.2 Å². The van der Waals surface area contributed by atoms with E-state index in [9.17, 15) is 26.9 Å². The summed E-state index contributed by atoms with van der Waals surface area (Å²) in [4.78, 5) is 10.0. The zero-order valence-corrected chi connectivity index (χ0v) is 17.1. The Bertz CT molecular complexity index is 1300. The molecular formula is C18H17N3O6S2. The number of anilines is 1. The van der Waals surface area contributed by atoms with Gasteiger partial charge in [-0.3, -0.25) is 14.8 Å². The molecule has 0 spiro atoms. The second kappa shape index (κ2) is 7.33. The summed E-state index contributed by atoms with van der Waals surface area (Å²) >= 11 is 0. The largest absolute Gasteiger partial charge is 0.279 e. The van der Waals surface area contributed by atoms with Crippen LogP contribution in [0, 0.1) is 24.0 Å². The van der Waals surface area contributed by atoms with Gasteiger partial charge in [0.15, 0.2) is 0 Å². The number of nitro benzene ring substituents is 1. The molecule has 1 heterocycles. The Kier molecular flexibility index (Phi) is 5.20. The molecule has 0 aliphatic rings. The van der Waals surface area contributed by atoms with Crippen LogP contribution in [0.4, 0.5) is 11.4 Å². The minimum absolute atomic E-state index is 0.00397. The van der Waals surface area contributed by atoms with Gasteiger partial charge < -0.3 is 0 Å². The maximum Gasteiger partial charge on any atom is 0.271 e. The van der Waals surface area contributed by atoms with Gasteiger partial charge >= 0.3 is 0 Å². The molecule has 152 valence electrons. The molecule has 0 amide bonds. The molecule has 3 rings (SSSR count). The summed E-state index contributed by atoms with van der Waals surface area (Å²) in [7, 11) is -8.18. The van der Waals surface area contributed by atoms with Crippen LogP contribution in [0.2, 0.25) is 0 Å². The summed E-state index contributed by atoms with van der Waals surface area (Å²) in [6.07, 6.45) is 0. The van der Waals surface area contributed by atoms with Crippen molar-refractivity contribution in [2.24, 2.45) is 0 Å². The number of aromatic nitrogens is 1. The fourth-order valence-electron chi connectivity index (χ4n) is 2.95. The Morgan fingerprint density at radius 3 is 2.21 bits per heavy atom. The second-order valence-corrected chi connectivity index (χ2v) is 9.67. The number of benzene rings is 2. The molecule has 2 aromatic carbocycles. The van der Waals surface area contributed by atoms with Crippen LogP contribution in [0.5, 0.6) is 0 Å². The lowest BCUT2D eigenvalue weighted by Gasteiger charge is -2.12. The van der Waals surface area contributed by atoms with Crippen LogP contribution in [0.1, 0.15) is 11.4 Å². The molecule has 0 atom stereocenters. The van der Waals surface area contributed by atoms with Crippen molar-refractivity contribution in [3.05, 3.63) is 82.2 Å². The lowest BCUT2D eigenvalue weighted by molar-refractivity contribution is -0.384. The first-order chi connectivity index (χ1) is 13.5. The Morgan fingerprint density at radius 2 is 1.59 bits per heavy atom. The highest BCUT2D eigenvalue weighted by atomic mass is 32.2. The van der Waals surface area contributed by atoms with E-state index in [-0.39, 0.29) is 32.6 Å². The maximum absolute atomic E-state index is 13.0. The standard InChI is InChI=1S/C18H17N3O6S2/c1-13-11-18(14(2)20(13)29(26,27)17-9-4-3-5-10-17)28(24,25)19-15-7-6-8-16(12-15)21(22)23/h3-12,19H,1-2H3. The highest BCUT2D eigenvalue weighted by Crippen LogP contribution is 2.28. The van der Waals surface area contributed by atoms with Crippen LogP contribution in [-0.2, 0) is 20.0 Å². The predicted octanol–water partition coefficient (Wildman–Crippen LogP) is 3.05. The molecule has 0 saturated heterocycles. The van der Waals surface area contributed by atoms with E-state index in [0.29, 0.717) is 0 Å². The van der Waals surface area contributed by atoms with E-state index in [0.717, 1.165) is 10.0 Å². The zero-order chi connectivity index (χ0) is 21.4. The van der Waals surface area contributed by atoms with Crippen LogP contribution < -0.4 is 4.72 Å². The van der Waals surface area contributed by atoms with Crippen molar-refractivity contribution in [3.8, 4) is 0 Å². The first-order valence-electron chi connectivity index (χ1n) is 8.31. The van der Waals surface area contributed by atoms with Gasteiger partial charge in [-0.15, -0.1) is 0 Å². The number of nitrogens with zero attached hydrogens (tertiary/aromatic N) is 2. The van der Waals surface area contributed by atoms with E-state index in [4.69, 9.17) is 0 Å². The number of aryl methyl sites for hydroxylation is 1. The third-order valence-electron chi connectivity index (χ3n) is 4.20. The molecule has 0 unspecified atom stereocenters. The molecule has 0 aliphatic carbocycles. The van der Waals surface area contributed by atoms with E-state index >= 15 is 0 Å². The smallest absolute Gasteiger partial charge is 0.271 e. The number of hydrogen-bond donors (Lipinski definition) is 1. The molecule has 9 nitrogen and oxygen atoms in total. The number of sulfonamides is 1. The topological polar surface area (TPSA) is 128 Å². The van der Waals surface area contributed by atoms with E-state index in [1.54, 1.807) is 18.2 Å². The van der Waals surface area contributed by atoms with Crippen molar-refractivity contribution in [3.63, 3.8) is 0 Å². The third kappa shape index (κ3) is 3.87. The maximum atomic E-state index is 13.0. The average Bonchev–Trinajstić information content (AvgIpc) is 2.98. The van der Waals surface area contributed by atoms with Crippen LogP contribution in [0.25, 0.3) is 0 Å². The van der Waals surface area contributed by atoms with E-state index < -0.39 is 25.0 Å². The first-order valence-corrected chi connectivity index (χ1v) is 11.2. The van der Waals surface area contributed by atoms with Crippen LogP contribution >= 0.6 is 0 Å². The molecule has 11 heteroatoms. The first kappa shape index (κ1) is 20.6. The lowest BCUT2D eigenvalue weighted by atomic mass is 10.3. The van der Waals surface area contributed by atoms with Crippen molar-refractivity contribution in [2.75, 3.05) is 4.72 Å². The highest BCUT2D eigenvalue weighted by Gasteiger charge is 2.28. The summed E-state index contributed by atoms with van der Waals surface area (Å²) in [5.41, 5.74) is -0.0627. The summed E-state index contributed by atoms with van der Waals surface area (Å²) in [6, 6.07) is 13.9. The van der Waals surface area contributed by atoms with Gasteiger partial charge in [0, 0.05) is 17.8 Å². The van der Waals surface area contributed by atoms with Gasteiger partial charge in [-0.05, 0) is 38.1 Å². The second-order valence-electron chi connectivity index (χ2n) is 6.23. The zero-order valence-electron chi connectivity index (χ0n) is 15.4. The molecule has 0 fully saturated rings. The summed E-state index contributed by atoms with van der Waals surface area (Å²) in [6.45, 7) is 2.87. The Morgan fingerprint density at radius 1 is 0.931 bits per heavy atom. The quantitative estimate of drug-likeness (QED) is 0.468. The number of hydrogen-bond acceptors (Lipinski definition) is 6. The van der Waals surface area contributed by atoms with Crippen LogP contribution in [0.3, 0.4) is 0 Å². The fourth-order valence-corrected chi connectivity index (χ4v) is 5.96. The Balaban J connectivity index is 2.06. The molecule has 29 heavy (non-hydrogen) atoms. The molecule has 3 aromatic rings. The van der Waals surface area contributed by atoms with Gasteiger partial charge in [0.25, 0.3) is 25.7 Å². The molecule has 0 saturated carbocycles. The third-order valence-corrected chi connectivity index (χ3v) is 7.61. The number of rotatable bonds is 6. The normalized spacial score (nSPS) is 11.9. The van der Waals surface area contributed by atoms with Gasteiger partial charge in [0.2, 0.25) is 0 Å².